The number of morpholine rings is 1. The van der Waals surface area contributed by atoms with Crippen molar-refractivity contribution in [1.29, 1.82) is 0 Å². The van der Waals surface area contributed by atoms with E-state index in [1.54, 1.807) is 14.2 Å². The number of carbonyl (C=O) groups is 1. The average molecular weight is 444 g/mol. The van der Waals surface area contributed by atoms with Gasteiger partial charge in [-0.25, -0.2) is 4.79 Å². The van der Waals surface area contributed by atoms with Gasteiger partial charge in [-0.1, -0.05) is 18.2 Å². The molecular weight excluding hydrogens is 410 g/mol. The van der Waals surface area contributed by atoms with Gasteiger partial charge in [0.05, 0.1) is 40.1 Å². The van der Waals surface area contributed by atoms with E-state index < -0.39 is 0 Å². The highest BCUT2D eigenvalue weighted by atomic mass is 16.5. The lowest BCUT2D eigenvalue weighted by Crippen LogP contribution is -2.45. The number of amides is 2. The molecule has 3 rings (SSSR count). The van der Waals surface area contributed by atoms with Crippen molar-refractivity contribution in [2.75, 3.05) is 53.7 Å². The molecule has 2 aromatic carbocycles. The Morgan fingerprint density at radius 1 is 1.03 bits per heavy atom. The van der Waals surface area contributed by atoms with Crippen LogP contribution in [-0.4, -0.2) is 64.6 Å². The lowest BCUT2D eigenvalue weighted by atomic mass is 10.0. The molecule has 1 fully saturated rings. The van der Waals surface area contributed by atoms with Crippen LogP contribution in [0.5, 0.6) is 17.2 Å². The Morgan fingerprint density at radius 3 is 2.44 bits per heavy atom. The number of nitrogens with zero attached hydrogens (tertiary/aromatic N) is 1. The van der Waals surface area contributed by atoms with Crippen LogP contribution in [-0.2, 0) is 11.3 Å². The van der Waals surface area contributed by atoms with E-state index in [1.807, 2.05) is 49.4 Å². The third kappa shape index (κ3) is 6.51. The summed E-state index contributed by atoms with van der Waals surface area (Å²) in [6.07, 6.45) is 0. The van der Waals surface area contributed by atoms with Gasteiger partial charge in [-0.2, -0.15) is 0 Å². The number of carbonyl (C=O) groups excluding carboxylic acids is 1. The first kappa shape index (κ1) is 23.7. The molecule has 2 amide bonds. The molecule has 1 atom stereocenters. The van der Waals surface area contributed by atoms with Crippen LogP contribution >= 0.6 is 0 Å². The molecule has 2 aromatic rings. The van der Waals surface area contributed by atoms with E-state index in [9.17, 15) is 4.79 Å². The second-order valence-electron chi connectivity index (χ2n) is 7.42. The van der Waals surface area contributed by atoms with Crippen molar-refractivity contribution in [3.63, 3.8) is 0 Å². The monoisotopic (exact) mass is 443 g/mol. The Labute approximate surface area is 189 Å². The smallest absolute Gasteiger partial charge is 0.315 e. The zero-order valence-electron chi connectivity index (χ0n) is 19.1. The van der Waals surface area contributed by atoms with Gasteiger partial charge in [0.1, 0.15) is 5.75 Å². The van der Waals surface area contributed by atoms with Crippen LogP contribution in [0.1, 0.15) is 24.1 Å². The van der Waals surface area contributed by atoms with Crippen LogP contribution in [0.2, 0.25) is 0 Å². The molecule has 1 aliphatic heterocycles. The Hall–Kier alpha value is -2.97. The highest BCUT2D eigenvalue weighted by Gasteiger charge is 2.24. The normalized spacial score (nSPS) is 15.0. The lowest BCUT2D eigenvalue weighted by Gasteiger charge is -2.35. The van der Waals surface area contributed by atoms with Crippen LogP contribution in [0.15, 0.2) is 42.5 Å². The first-order chi connectivity index (χ1) is 15.6. The Morgan fingerprint density at radius 2 is 1.78 bits per heavy atom. The minimum Gasteiger partial charge on any atom is -0.497 e. The maximum absolute atomic E-state index is 12.5. The summed E-state index contributed by atoms with van der Waals surface area (Å²) in [4.78, 5) is 14.8. The number of ether oxygens (including phenoxy) is 4. The van der Waals surface area contributed by atoms with Crippen molar-refractivity contribution in [2.45, 2.75) is 19.5 Å². The van der Waals surface area contributed by atoms with Gasteiger partial charge < -0.3 is 29.6 Å². The first-order valence-corrected chi connectivity index (χ1v) is 10.9. The van der Waals surface area contributed by atoms with Crippen molar-refractivity contribution >= 4 is 6.03 Å². The predicted molar refractivity (Wildman–Crippen MR) is 123 cm³/mol. The minimum atomic E-state index is -0.211. The fraction of sp³-hybridized carbons (Fsp3) is 0.458. The predicted octanol–water partition coefficient (Wildman–Crippen LogP) is 2.98. The quantitative estimate of drug-likeness (QED) is 0.588. The second-order valence-corrected chi connectivity index (χ2v) is 7.42. The molecule has 32 heavy (non-hydrogen) atoms. The summed E-state index contributed by atoms with van der Waals surface area (Å²) in [6, 6.07) is 13.4. The highest BCUT2D eigenvalue weighted by molar-refractivity contribution is 5.73. The number of urea groups is 1. The van der Waals surface area contributed by atoms with E-state index in [0.717, 1.165) is 30.0 Å². The van der Waals surface area contributed by atoms with Gasteiger partial charge in [0.2, 0.25) is 0 Å². The molecule has 0 radical (unpaired) electrons. The molecule has 0 unspecified atom stereocenters. The molecule has 0 saturated carbocycles. The van der Waals surface area contributed by atoms with E-state index in [1.165, 1.54) is 0 Å². The lowest BCUT2D eigenvalue weighted by molar-refractivity contribution is 0.0166. The molecule has 8 heteroatoms. The SMILES string of the molecule is CCOc1ccc([C@H](CNC(=O)NCc2ccc(OC)cc2)N2CCOCC2)cc1OC. The van der Waals surface area contributed by atoms with E-state index in [-0.39, 0.29) is 12.1 Å². The van der Waals surface area contributed by atoms with Crippen LogP contribution in [0.4, 0.5) is 4.79 Å². The van der Waals surface area contributed by atoms with Gasteiger partial charge in [-0.3, -0.25) is 4.90 Å². The van der Waals surface area contributed by atoms with Crippen molar-refractivity contribution < 1.29 is 23.7 Å². The molecule has 0 aliphatic carbocycles. The zero-order chi connectivity index (χ0) is 22.8. The number of hydrogen-bond donors (Lipinski definition) is 2. The van der Waals surface area contributed by atoms with Gasteiger partial charge in [-0.15, -0.1) is 0 Å². The fourth-order valence-corrected chi connectivity index (χ4v) is 3.69. The number of nitrogens with one attached hydrogen (secondary N) is 2. The summed E-state index contributed by atoms with van der Waals surface area (Å²) in [6.45, 7) is 6.37. The number of methoxy groups -OCH3 is 2. The third-order valence-electron chi connectivity index (χ3n) is 5.43. The third-order valence-corrected chi connectivity index (χ3v) is 5.43. The van der Waals surface area contributed by atoms with Crippen molar-refractivity contribution in [3.8, 4) is 17.2 Å². The van der Waals surface area contributed by atoms with Gasteiger partial charge in [0.15, 0.2) is 11.5 Å². The topological polar surface area (TPSA) is 81.3 Å². The molecule has 174 valence electrons. The summed E-state index contributed by atoms with van der Waals surface area (Å²) in [5.41, 5.74) is 2.06. The number of rotatable bonds is 10. The fourth-order valence-electron chi connectivity index (χ4n) is 3.69. The standard InChI is InChI=1S/C24H33N3O5/c1-4-32-22-10-7-19(15-23(22)30-3)21(27-11-13-31-14-12-27)17-26-24(28)25-16-18-5-8-20(29-2)9-6-18/h5-10,15,21H,4,11-14,16-17H2,1-3H3,(H2,25,26,28)/t21-/m0/s1. The Balaban J connectivity index is 1.64. The first-order valence-electron chi connectivity index (χ1n) is 10.9. The van der Waals surface area contributed by atoms with Crippen molar-refractivity contribution in [2.24, 2.45) is 0 Å². The minimum absolute atomic E-state index is 0.00443. The highest BCUT2D eigenvalue weighted by Crippen LogP contribution is 2.32. The van der Waals surface area contributed by atoms with Gasteiger partial charge in [0, 0.05) is 26.2 Å². The summed E-state index contributed by atoms with van der Waals surface area (Å²) in [5, 5.41) is 5.94. The summed E-state index contributed by atoms with van der Waals surface area (Å²) >= 11 is 0. The van der Waals surface area contributed by atoms with E-state index in [0.29, 0.717) is 44.4 Å². The molecular formula is C24H33N3O5. The maximum Gasteiger partial charge on any atom is 0.315 e. The number of hydrogen-bond acceptors (Lipinski definition) is 6. The zero-order valence-corrected chi connectivity index (χ0v) is 19.1. The van der Waals surface area contributed by atoms with Crippen molar-refractivity contribution in [3.05, 3.63) is 53.6 Å². The van der Waals surface area contributed by atoms with Gasteiger partial charge in [-0.05, 0) is 42.3 Å². The molecule has 1 saturated heterocycles. The molecule has 1 aliphatic rings. The van der Waals surface area contributed by atoms with Crippen LogP contribution in [0, 0.1) is 0 Å². The Kier molecular flexibility index (Phi) is 9.01. The maximum atomic E-state index is 12.5. The van der Waals surface area contributed by atoms with E-state index in [2.05, 4.69) is 15.5 Å². The largest absolute Gasteiger partial charge is 0.497 e. The Bertz CT molecular complexity index is 853. The van der Waals surface area contributed by atoms with Crippen LogP contribution < -0.4 is 24.8 Å². The molecule has 0 spiro atoms. The van der Waals surface area contributed by atoms with Gasteiger partial charge in [0.25, 0.3) is 0 Å². The second kappa shape index (κ2) is 12.2. The van der Waals surface area contributed by atoms with Crippen LogP contribution in [0.25, 0.3) is 0 Å². The summed E-state index contributed by atoms with van der Waals surface area (Å²) < 4.78 is 21.9. The summed E-state index contributed by atoms with van der Waals surface area (Å²) in [5.74, 6) is 2.19. The van der Waals surface area contributed by atoms with E-state index in [4.69, 9.17) is 18.9 Å². The van der Waals surface area contributed by atoms with Gasteiger partial charge >= 0.3 is 6.03 Å². The summed E-state index contributed by atoms with van der Waals surface area (Å²) in [7, 11) is 3.27. The average Bonchev–Trinajstić information content (AvgIpc) is 2.84. The number of benzene rings is 2. The molecule has 0 aromatic heterocycles. The molecule has 1 heterocycles. The molecule has 8 nitrogen and oxygen atoms in total. The van der Waals surface area contributed by atoms with Crippen LogP contribution in [0.3, 0.4) is 0 Å². The van der Waals surface area contributed by atoms with Crippen molar-refractivity contribution in [1.82, 2.24) is 15.5 Å². The van der Waals surface area contributed by atoms with E-state index >= 15 is 0 Å². The molecule has 2 N–H and O–H groups in total. The molecule has 0 bridgehead atoms.